The first-order chi connectivity index (χ1) is 15.0. The molecule has 1 atom stereocenters. The van der Waals surface area contributed by atoms with Gasteiger partial charge in [0.05, 0.1) is 31.8 Å². The zero-order valence-electron chi connectivity index (χ0n) is 17.4. The first-order valence-electron chi connectivity index (χ1n) is 10.3. The summed E-state index contributed by atoms with van der Waals surface area (Å²) in [7, 11) is 1.61. The SMILES string of the molecule is COc1ccc(C2=NCc3cc4c(cc32)CN([C@H](C)c2cccc(Cl)c2)C(=O)C4)cn1. The van der Waals surface area contributed by atoms with Gasteiger partial charge in [0.1, 0.15) is 0 Å². The summed E-state index contributed by atoms with van der Waals surface area (Å²) in [6, 6.07) is 15.9. The highest BCUT2D eigenvalue weighted by Gasteiger charge is 2.30. The van der Waals surface area contributed by atoms with Crippen LogP contribution in [0.25, 0.3) is 0 Å². The summed E-state index contributed by atoms with van der Waals surface area (Å²) in [5, 5.41) is 0.681. The van der Waals surface area contributed by atoms with E-state index >= 15 is 0 Å². The highest BCUT2D eigenvalue weighted by Crippen LogP contribution is 2.33. The Morgan fingerprint density at radius 3 is 2.71 bits per heavy atom. The molecule has 2 aromatic carbocycles. The van der Waals surface area contributed by atoms with E-state index in [2.05, 4.69) is 24.0 Å². The van der Waals surface area contributed by atoms with Crippen LogP contribution in [0.15, 0.2) is 59.7 Å². The normalized spacial score (nSPS) is 15.9. The number of fused-ring (bicyclic) bond motifs is 2. The van der Waals surface area contributed by atoms with Crippen molar-refractivity contribution in [2.24, 2.45) is 4.99 Å². The van der Waals surface area contributed by atoms with E-state index in [9.17, 15) is 4.79 Å². The van der Waals surface area contributed by atoms with E-state index in [1.54, 1.807) is 13.3 Å². The maximum Gasteiger partial charge on any atom is 0.227 e. The van der Waals surface area contributed by atoms with Crippen molar-refractivity contribution in [1.29, 1.82) is 0 Å². The molecule has 0 aliphatic carbocycles. The number of pyridine rings is 1. The van der Waals surface area contributed by atoms with Crippen LogP contribution in [-0.4, -0.2) is 28.6 Å². The number of halogens is 1. The lowest BCUT2D eigenvalue weighted by molar-refractivity contribution is -0.134. The lowest BCUT2D eigenvalue weighted by Gasteiger charge is -2.34. The van der Waals surface area contributed by atoms with E-state index in [0.29, 0.717) is 30.4 Å². The summed E-state index contributed by atoms with van der Waals surface area (Å²) in [4.78, 5) is 24.0. The van der Waals surface area contributed by atoms with Crippen LogP contribution < -0.4 is 4.74 Å². The molecule has 0 N–H and O–H groups in total. The number of amides is 1. The van der Waals surface area contributed by atoms with Crippen molar-refractivity contribution in [2.45, 2.75) is 32.5 Å². The first-order valence-corrected chi connectivity index (χ1v) is 10.7. The van der Waals surface area contributed by atoms with Gasteiger partial charge in [0.2, 0.25) is 11.8 Å². The van der Waals surface area contributed by atoms with Crippen LogP contribution in [0.2, 0.25) is 5.02 Å². The third-order valence-electron chi connectivity index (χ3n) is 6.11. The lowest BCUT2D eigenvalue weighted by atomic mass is 9.90. The summed E-state index contributed by atoms with van der Waals surface area (Å²) in [5.41, 5.74) is 7.50. The smallest absolute Gasteiger partial charge is 0.227 e. The predicted octanol–water partition coefficient (Wildman–Crippen LogP) is 4.74. The van der Waals surface area contributed by atoms with Gasteiger partial charge in [0.15, 0.2) is 0 Å². The van der Waals surface area contributed by atoms with Crippen molar-refractivity contribution in [3.63, 3.8) is 0 Å². The summed E-state index contributed by atoms with van der Waals surface area (Å²) >= 11 is 6.17. The highest BCUT2D eigenvalue weighted by atomic mass is 35.5. The van der Waals surface area contributed by atoms with Crippen LogP contribution in [0.4, 0.5) is 0 Å². The van der Waals surface area contributed by atoms with Gasteiger partial charge in [-0.05, 0) is 53.4 Å². The van der Waals surface area contributed by atoms with E-state index in [1.165, 1.54) is 5.56 Å². The number of aromatic nitrogens is 1. The molecule has 3 heterocycles. The minimum atomic E-state index is -0.0495. The second-order valence-electron chi connectivity index (χ2n) is 7.96. The standard InChI is InChI=1S/C25H22ClN3O2/c1-15(16-4-3-5-21(26)9-16)29-14-20-10-22-19(8-18(20)11-24(29)30)13-28-25(22)17-6-7-23(31-2)27-12-17/h3-10,12,15H,11,13-14H2,1-2H3/t15-/m1/s1. The lowest BCUT2D eigenvalue weighted by Crippen LogP contribution is -2.38. The van der Waals surface area contributed by atoms with Crippen molar-refractivity contribution in [3.05, 3.63) is 93.1 Å². The Bertz CT molecular complexity index is 1200. The Hall–Kier alpha value is -3.18. The number of aliphatic imine (C=N–C) groups is 1. The molecule has 0 bridgehead atoms. The number of methoxy groups -OCH3 is 1. The molecule has 1 aromatic heterocycles. The maximum atomic E-state index is 12.9. The van der Waals surface area contributed by atoms with Crippen LogP contribution in [0.1, 0.15) is 46.3 Å². The Morgan fingerprint density at radius 2 is 1.97 bits per heavy atom. The molecule has 0 unspecified atom stereocenters. The van der Waals surface area contributed by atoms with Crippen LogP contribution in [0.3, 0.4) is 0 Å². The molecule has 5 nitrogen and oxygen atoms in total. The second kappa shape index (κ2) is 7.82. The number of ether oxygens (including phenoxy) is 1. The summed E-state index contributed by atoms with van der Waals surface area (Å²) in [5.74, 6) is 0.718. The number of carbonyl (C=O) groups is 1. The minimum absolute atomic E-state index is 0.0495. The molecule has 6 heteroatoms. The number of carbonyl (C=O) groups excluding carboxylic acids is 1. The fourth-order valence-electron chi connectivity index (χ4n) is 4.38. The maximum absolute atomic E-state index is 12.9. The Kier molecular flexibility index (Phi) is 4.98. The molecule has 1 amide bonds. The molecule has 0 radical (unpaired) electrons. The molecule has 0 saturated heterocycles. The highest BCUT2D eigenvalue weighted by molar-refractivity contribution is 6.30. The van der Waals surface area contributed by atoms with Crippen molar-refractivity contribution in [3.8, 4) is 5.88 Å². The van der Waals surface area contributed by atoms with Gasteiger partial charge in [-0.2, -0.15) is 0 Å². The fourth-order valence-corrected chi connectivity index (χ4v) is 4.57. The van der Waals surface area contributed by atoms with Crippen LogP contribution in [0, 0.1) is 0 Å². The second-order valence-corrected chi connectivity index (χ2v) is 8.40. The molecule has 156 valence electrons. The molecule has 2 aliphatic heterocycles. The third-order valence-corrected chi connectivity index (χ3v) is 6.34. The van der Waals surface area contributed by atoms with Gasteiger partial charge in [-0.25, -0.2) is 4.98 Å². The summed E-state index contributed by atoms with van der Waals surface area (Å²) in [6.07, 6.45) is 2.20. The van der Waals surface area contributed by atoms with Gasteiger partial charge >= 0.3 is 0 Å². The Balaban J connectivity index is 1.46. The van der Waals surface area contributed by atoms with E-state index in [4.69, 9.17) is 21.3 Å². The average Bonchev–Trinajstić information content (AvgIpc) is 3.19. The quantitative estimate of drug-likeness (QED) is 0.599. The van der Waals surface area contributed by atoms with Crippen LogP contribution >= 0.6 is 11.6 Å². The van der Waals surface area contributed by atoms with Crippen molar-refractivity contribution >= 4 is 23.2 Å². The summed E-state index contributed by atoms with van der Waals surface area (Å²) in [6.45, 7) is 3.25. The van der Waals surface area contributed by atoms with Gasteiger partial charge in [-0.3, -0.25) is 9.79 Å². The van der Waals surface area contributed by atoms with E-state index in [-0.39, 0.29) is 11.9 Å². The number of hydrogen-bond donors (Lipinski definition) is 0. The molecule has 2 aliphatic rings. The summed E-state index contributed by atoms with van der Waals surface area (Å²) < 4.78 is 5.17. The van der Waals surface area contributed by atoms with Gasteiger partial charge in [-0.15, -0.1) is 0 Å². The van der Waals surface area contributed by atoms with Crippen molar-refractivity contribution < 1.29 is 9.53 Å². The monoisotopic (exact) mass is 431 g/mol. The average molecular weight is 432 g/mol. The van der Waals surface area contributed by atoms with Crippen molar-refractivity contribution in [2.75, 3.05) is 7.11 Å². The minimum Gasteiger partial charge on any atom is -0.481 e. The number of hydrogen-bond acceptors (Lipinski definition) is 4. The predicted molar refractivity (Wildman–Crippen MR) is 121 cm³/mol. The fraction of sp³-hybridized carbons (Fsp3) is 0.240. The van der Waals surface area contributed by atoms with Gasteiger partial charge in [-0.1, -0.05) is 29.8 Å². The number of benzene rings is 2. The zero-order chi connectivity index (χ0) is 21.5. The molecule has 0 spiro atoms. The molecule has 31 heavy (non-hydrogen) atoms. The topological polar surface area (TPSA) is 54.8 Å². The van der Waals surface area contributed by atoms with Crippen LogP contribution in [-0.2, 0) is 24.3 Å². The van der Waals surface area contributed by atoms with Crippen LogP contribution in [0.5, 0.6) is 5.88 Å². The molecule has 0 fully saturated rings. The van der Waals surface area contributed by atoms with Gasteiger partial charge in [0.25, 0.3) is 0 Å². The third kappa shape index (κ3) is 3.59. The molecular weight excluding hydrogens is 410 g/mol. The molecule has 5 rings (SSSR count). The number of nitrogens with zero attached hydrogens (tertiary/aromatic N) is 3. The van der Waals surface area contributed by atoms with Gasteiger partial charge < -0.3 is 9.64 Å². The Morgan fingerprint density at radius 1 is 1.10 bits per heavy atom. The number of rotatable bonds is 4. The van der Waals surface area contributed by atoms with E-state index in [1.807, 2.05) is 41.3 Å². The molecular formula is C25H22ClN3O2. The van der Waals surface area contributed by atoms with E-state index in [0.717, 1.165) is 33.5 Å². The Labute approximate surface area is 186 Å². The first kappa shape index (κ1) is 19.8. The molecule has 3 aromatic rings. The van der Waals surface area contributed by atoms with Gasteiger partial charge in [0, 0.05) is 35.0 Å². The van der Waals surface area contributed by atoms with Crippen molar-refractivity contribution in [1.82, 2.24) is 9.88 Å². The molecule has 0 saturated carbocycles. The largest absolute Gasteiger partial charge is 0.481 e. The zero-order valence-corrected chi connectivity index (χ0v) is 18.2. The van der Waals surface area contributed by atoms with E-state index < -0.39 is 0 Å².